The summed E-state index contributed by atoms with van der Waals surface area (Å²) in [5.41, 5.74) is 0.390. The lowest BCUT2D eigenvalue weighted by Gasteiger charge is -2.38. The highest BCUT2D eigenvalue weighted by molar-refractivity contribution is 4.83. The summed E-state index contributed by atoms with van der Waals surface area (Å²) in [6.07, 6.45) is 4.73. The standard InChI is InChI=1S/C15H30N2O2/c1-15(5-7-17(2)8-6-15)12-16-9-14(18)11-19-10-13-3-4-13/h13-14,16,18H,3-12H2,1-2H3. The minimum atomic E-state index is -0.367. The van der Waals surface area contributed by atoms with Crippen LogP contribution in [0.3, 0.4) is 0 Å². The van der Waals surface area contributed by atoms with Crippen LogP contribution in [0, 0.1) is 11.3 Å². The van der Waals surface area contributed by atoms with Crippen molar-refractivity contribution in [3.8, 4) is 0 Å². The third-order valence-electron chi connectivity index (χ3n) is 4.49. The van der Waals surface area contributed by atoms with Crippen LogP contribution in [0.25, 0.3) is 0 Å². The lowest BCUT2D eigenvalue weighted by molar-refractivity contribution is 0.0301. The average Bonchev–Trinajstić information content (AvgIpc) is 3.18. The van der Waals surface area contributed by atoms with Gasteiger partial charge in [0.05, 0.1) is 12.7 Å². The van der Waals surface area contributed by atoms with Crippen molar-refractivity contribution in [1.29, 1.82) is 0 Å². The first-order chi connectivity index (χ1) is 9.07. The number of piperidine rings is 1. The Bertz CT molecular complexity index is 261. The molecule has 1 unspecified atom stereocenters. The smallest absolute Gasteiger partial charge is 0.0897 e. The number of rotatable bonds is 8. The van der Waals surface area contributed by atoms with E-state index in [0.717, 1.165) is 19.1 Å². The molecule has 1 saturated carbocycles. The maximum atomic E-state index is 9.84. The Morgan fingerprint density at radius 3 is 2.68 bits per heavy atom. The fourth-order valence-corrected chi connectivity index (χ4v) is 2.59. The van der Waals surface area contributed by atoms with E-state index in [1.165, 1.54) is 38.8 Å². The molecule has 1 atom stereocenters. The molecule has 2 N–H and O–H groups in total. The Labute approximate surface area is 117 Å². The van der Waals surface area contributed by atoms with Crippen LogP contribution >= 0.6 is 0 Å². The van der Waals surface area contributed by atoms with Crippen molar-refractivity contribution < 1.29 is 9.84 Å². The van der Waals surface area contributed by atoms with E-state index in [0.29, 0.717) is 18.6 Å². The predicted octanol–water partition coefficient (Wildman–Crippen LogP) is 1.10. The van der Waals surface area contributed by atoms with Crippen molar-refractivity contribution in [2.45, 2.75) is 38.7 Å². The Morgan fingerprint density at radius 1 is 1.37 bits per heavy atom. The zero-order valence-corrected chi connectivity index (χ0v) is 12.5. The molecule has 0 aromatic rings. The highest BCUT2D eigenvalue weighted by Crippen LogP contribution is 2.29. The van der Waals surface area contributed by atoms with Crippen molar-refractivity contribution in [2.75, 3.05) is 46.4 Å². The van der Waals surface area contributed by atoms with Crippen LogP contribution in [-0.4, -0.2) is 62.6 Å². The monoisotopic (exact) mass is 270 g/mol. The van der Waals surface area contributed by atoms with Gasteiger partial charge in [-0.25, -0.2) is 0 Å². The highest BCUT2D eigenvalue weighted by atomic mass is 16.5. The van der Waals surface area contributed by atoms with Gasteiger partial charge >= 0.3 is 0 Å². The topological polar surface area (TPSA) is 44.7 Å². The second kappa shape index (κ2) is 7.02. The van der Waals surface area contributed by atoms with Crippen LogP contribution < -0.4 is 5.32 Å². The van der Waals surface area contributed by atoms with Gasteiger partial charge in [0.15, 0.2) is 0 Å². The SMILES string of the molecule is CN1CCC(C)(CNCC(O)COCC2CC2)CC1. The van der Waals surface area contributed by atoms with Crippen LogP contribution in [0.5, 0.6) is 0 Å². The predicted molar refractivity (Wildman–Crippen MR) is 77.3 cm³/mol. The van der Waals surface area contributed by atoms with Crippen LogP contribution in [-0.2, 0) is 4.74 Å². The Hall–Kier alpha value is -0.160. The van der Waals surface area contributed by atoms with Crippen molar-refractivity contribution >= 4 is 0 Å². The quantitative estimate of drug-likeness (QED) is 0.693. The molecule has 1 aliphatic carbocycles. The average molecular weight is 270 g/mol. The Kier molecular flexibility index (Phi) is 5.63. The Balaban J connectivity index is 1.52. The zero-order chi connectivity index (χ0) is 13.7. The van der Waals surface area contributed by atoms with Crippen molar-refractivity contribution in [3.05, 3.63) is 0 Å². The van der Waals surface area contributed by atoms with Gasteiger partial charge in [0, 0.05) is 19.7 Å². The molecule has 1 aliphatic heterocycles. The summed E-state index contributed by atoms with van der Waals surface area (Å²) in [6, 6.07) is 0. The summed E-state index contributed by atoms with van der Waals surface area (Å²) < 4.78 is 5.50. The maximum absolute atomic E-state index is 9.84. The van der Waals surface area contributed by atoms with Gasteiger partial charge in [-0.2, -0.15) is 0 Å². The summed E-state index contributed by atoms with van der Waals surface area (Å²) in [7, 11) is 2.19. The van der Waals surface area contributed by atoms with Crippen molar-refractivity contribution in [3.63, 3.8) is 0 Å². The van der Waals surface area contributed by atoms with E-state index in [-0.39, 0.29) is 6.10 Å². The van der Waals surface area contributed by atoms with Gasteiger partial charge < -0.3 is 20.1 Å². The molecule has 0 radical (unpaired) electrons. The summed E-state index contributed by atoms with van der Waals surface area (Å²) in [6.45, 7) is 7.68. The van der Waals surface area contributed by atoms with Gasteiger partial charge in [-0.15, -0.1) is 0 Å². The second-order valence-electron chi connectivity index (χ2n) is 6.88. The summed E-state index contributed by atoms with van der Waals surface area (Å²) >= 11 is 0. The fourth-order valence-electron chi connectivity index (χ4n) is 2.59. The first-order valence-electron chi connectivity index (χ1n) is 7.72. The third kappa shape index (κ3) is 5.78. The van der Waals surface area contributed by atoms with Gasteiger partial charge in [0.1, 0.15) is 0 Å². The minimum Gasteiger partial charge on any atom is -0.389 e. The Morgan fingerprint density at radius 2 is 2.05 bits per heavy atom. The number of nitrogens with zero attached hydrogens (tertiary/aromatic N) is 1. The number of hydrogen-bond acceptors (Lipinski definition) is 4. The lowest BCUT2D eigenvalue weighted by atomic mass is 9.80. The van der Waals surface area contributed by atoms with Gasteiger partial charge in [0.2, 0.25) is 0 Å². The van der Waals surface area contributed by atoms with Crippen LogP contribution in [0.15, 0.2) is 0 Å². The molecule has 19 heavy (non-hydrogen) atoms. The largest absolute Gasteiger partial charge is 0.389 e. The van der Waals surface area contributed by atoms with E-state index >= 15 is 0 Å². The van der Waals surface area contributed by atoms with Crippen molar-refractivity contribution in [1.82, 2.24) is 10.2 Å². The maximum Gasteiger partial charge on any atom is 0.0897 e. The fraction of sp³-hybridized carbons (Fsp3) is 1.00. The first kappa shape index (κ1) is 15.2. The molecule has 0 spiro atoms. The van der Waals surface area contributed by atoms with Gasteiger partial charge in [-0.05, 0) is 57.2 Å². The number of ether oxygens (including phenoxy) is 1. The molecule has 0 bridgehead atoms. The molecule has 2 fully saturated rings. The van der Waals surface area contributed by atoms with E-state index in [2.05, 4.69) is 24.2 Å². The van der Waals surface area contributed by atoms with E-state index in [1.54, 1.807) is 0 Å². The van der Waals surface area contributed by atoms with E-state index in [9.17, 15) is 5.11 Å². The number of nitrogens with one attached hydrogen (secondary N) is 1. The van der Waals surface area contributed by atoms with Gasteiger partial charge in [0.25, 0.3) is 0 Å². The zero-order valence-electron chi connectivity index (χ0n) is 12.5. The normalized spacial score (nSPS) is 25.4. The van der Waals surface area contributed by atoms with Crippen LogP contribution in [0.1, 0.15) is 32.6 Å². The highest BCUT2D eigenvalue weighted by Gasteiger charge is 2.28. The third-order valence-corrected chi connectivity index (χ3v) is 4.49. The van der Waals surface area contributed by atoms with E-state index in [4.69, 9.17) is 4.74 Å². The molecule has 2 rings (SSSR count). The number of aliphatic hydroxyl groups excluding tert-OH is 1. The molecular weight excluding hydrogens is 240 g/mol. The second-order valence-corrected chi connectivity index (χ2v) is 6.88. The summed E-state index contributed by atoms with van der Waals surface area (Å²) in [5, 5.41) is 13.3. The molecule has 112 valence electrons. The summed E-state index contributed by atoms with van der Waals surface area (Å²) in [4.78, 5) is 2.39. The summed E-state index contributed by atoms with van der Waals surface area (Å²) in [5.74, 6) is 0.776. The van der Waals surface area contributed by atoms with Gasteiger partial charge in [-0.3, -0.25) is 0 Å². The molecule has 1 heterocycles. The van der Waals surface area contributed by atoms with Crippen LogP contribution in [0.4, 0.5) is 0 Å². The molecule has 4 nitrogen and oxygen atoms in total. The lowest BCUT2D eigenvalue weighted by Crippen LogP contribution is -2.44. The van der Waals surface area contributed by atoms with E-state index in [1.807, 2.05) is 0 Å². The molecule has 0 aromatic heterocycles. The molecule has 0 amide bonds. The first-order valence-corrected chi connectivity index (χ1v) is 7.72. The molecule has 1 saturated heterocycles. The molecule has 0 aromatic carbocycles. The molecule has 4 heteroatoms. The number of hydrogen-bond donors (Lipinski definition) is 2. The van der Waals surface area contributed by atoms with Crippen LogP contribution in [0.2, 0.25) is 0 Å². The number of aliphatic hydroxyl groups is 1. The minimum absolute atomic E-state index is 0.367. The number of likely N-dealkylation sites (tertiary alicyclic amines) is 1. The van der Waals surface area contributed by atoms with E-state index < -0.39 is 0 Å². The van der Waals surface area contributed by atoms with Gasteiger partial charge in [-0.1, -0.05) is 6.92 Å². The molecule has 2 aliphatic rings. The van der Waals surface area contributed by atoms with Crippen molar-refractivity contribution in [2.24, 2.45) is 11.3 Å². The molecular formula is C15H30N2O2.